The van der Waals surface area contributed by atoms with Crippen LogP contribution in [-0.2, 0) is 0 Å². The van der Waals surface area contributed by atoms with Crippen molar-refractivity contribution in [2.45, 2.75) is 52.5 Å². The average Bonchev–Trinajstić information content (AvgIpc) is 2.21. The number of rotatable bonds is 4. The molecule has 0 radical (unpaired) electrons. The van der Waals surface area contributed by atoms with Gasteiger partial charge < -0.3 is 4.48 Å². The van der Waals surface area contributed by atoms with Crippen LogP contribution in [0, 0.1) is 5.41 Å². The van der Waals surface area contributed by atoms with Crippen LogP contribution in [0.2, 0.25) is 0 Å². The van der Waals surface area contributed by atoms with E-state index in [-0.39, 0.29) is 5.54 Å². The van der Waals surface area contributed by atoms with Crippen LogP contribution in [0.25, 0.3) is 0 Å². The van der Waals surface area contributed by atoms with Crippen LogP contribution in [-0.4, -0.2) is 36.7 Å². The number of quaternary nitrogens is 1. The number of hydrogen-bond donors (Lipinski definition) is 1. The molecule has 2 nitrogen and oxygen atoms in total. The largest absolute Gasteiger partial charge is 0.326 e. The predicted octanol–water partition coefficient (Wildman–Crippen LogP) is 3.17. The van der Waals surface area contributed by atoms with Crippen LogP contribution in [0.15, 0.2) is 0 Å². The quantitative estimate of drug-likeness (QED) is 0.595. The van der Waals surface area contributed by atoms with E-state index in [4.69, 9.17) is 11.8 Å². The van der Waals surface area contributed by atoms with Gasteiger partial charge in [-0.05, 0) is 31.0 Å². The molecule has 0 aromatic rings. The number of nitrogens with zero attached hydrogens (tertiary/aromatic N) is 1. The van der Waals surface area contributed by atoms with Crippen molar-refractivity contribution in [1.29, 1.82) is 0 Å². The van der Waals surface area contributed by atoms with Crippen molar-refractivity contribution in [1.82, 2.24) is 4.84 Å². The maximum absolute atomic E-state index is 5.74. The van der Waals surface area contributed by atoms with Gasteiger partial charge in [-0.15, -0.1) is 0 Å². The third kappa shape index (κ3) is 4.23. The minimum atomic E-state index is 0.0514. The molecule has 1 heterocycles. The van der Waals surface area contributed by atoms with Crippen LogP contribution in [0.4, 0.5) is 0 Å². The summed E-state index contributed by atoms with van der Waals surface area (Å²) in [5, 5.41) is 0. The van der Waals surface area contributed by atoms with Crippen LogP contribution < -0.4 is 4.84 Å². The maximum Gasteiger partial charge on any atom is 0.0802 e. The SMILES string of the molecule is CC1(C)CC[N+](C)(CCC(C)(C)NCl)CC1. The molecule has 1 fully saturated rings. The van der Waals surface area contributed by atoms with Gasteiger partial charge in [0.1, 0.15) is 0 Å². The summed E-state index contributed by atoms with van der Waals surface area (Å²) in [6, 6.07) is 0. The first-order valence-electron chi connectivity index (χ1n) is 6.40. The molecule has 1 saturated heterocycles. The Morgan fingerprint density at radius 2 is 1.75 bits per heavy atom. The standard InChI is InChI=1S/C13H28ClN2/c1-12(2)6-9-16(5,10-7-12)11-8-13(3,4)15-14/h15H,6-11H2,1-5H3/q+1. The van der Waals surface area contributed by atoms with Crippen LogP contribution in [0.3, 0.4) is 0 Å². The highest BCUT2D eigenvalue weighted by atomic mass is 35.5. The first-order valence-corrected chi connectivity index (χ1v) is 6.77. The minimum absolute atomic E-state index is 0.0514. The highest BCUT2D eigenvalue weighted by Crippen LogP contribution is 2.33. The van der Waals surface area contributed by atoms with Crippen LogP contribution in [0.5, 0.6) is 0 Å². The molecule has 0 amide bonds. The zero-order chi connectivity index (χ0) is 12.4. The Kier molecular flexibility index (Phi) is 4.31. The van der Waals surface area contributed by atoms with E-state index in [0.717, 1.165) is 6.42 Å². The van der Waals surface area contributed by atoms with Crippen molar-refractivity contribution >= 4 is 11.8 Å². The second-order valence-electron chi connectivity index (χ2n) is 7.18. The lowest BCUT2D eigenvalue weighted by Crippen LogP contribution is -2.53. The summed E-state index contributed by atoms with van der Waals surface area (Å²) < 4.78 is 1.21. The zero-order valence-electron chi connectivity index (χ0n) is 11.6. The fourth-order valence-corrected chi connectivity index (χ4v) is 2.30. The van der Waals surface area contributed by atoms with E-state index in [2.05, 4.69) is 39.6 Å². The van der Waals surface area contributed by atoms with E-state index in [1.807, 2.05) is 0 Å². The van der Waals surface area contributed by atoms with Gasteiger partial charge in [-0.25, -0.2) is 4.84 Å². The van der Waals surface area contributed by atoms with Crippen LogP contribution in [0.1, 0.15) is 47.0 Å². The summed E-state index contributed by atoms with van der Waals surface area (Å²) in [7, 11) is 2.39. The third-order valence-corrected chi connectivity index (χ3v) is 4.70. The second kappa shape index (κ2) is 4.83. The molecular formula is C13H28ClN2+. The first kappa shape index (κ1) is 14.3. The molecule has 1 rings (SSSR count). The summed E-state index contributed by atoms with van der Waals surface area (Å²) in [6.45, 7) is 13.0. The zero-order valence-corrected chi connectivity index (χ0v) is 12.3. The summed E-state index contributed by atoms with van der Waals surface area (Å²) in [5.74, 6) is 0. The van der Waals surface area contributed by atoms with Crippen molar-refractivity contribution in [2.75, 3.05) is 26.7 Å². The van der Waals surface area contributed by atoms with E-state index >= 15 is 0 Å². The van der Waals surface area contributed by atoms with Crippen molar-refractivity contribution in [3.05, 3.63) is 0 Å². The fourth-order valence-electron chi connectivity index (χ4n) is 2.20. The van der Waals surface area contributed by atoms with Gasteiger partial charge in [0.25, 0.3) is 0 Å². The van der Waals surface area contributed by atoms with Crippen molar-refractivity contribution in [3.63, 3.8) is 0 Å². The summed E-state index contributed by atoms with van der Waals surface area (Å²) in [4.78, 5) is 2.88. The highest BCUT2D eigenvalue weighted by Gasteiger charge is 2.35. The number of likely N-dealkylation sites (tertiary alicyclic amines) is 1. The van der Waals surface area contributed by atoms with Crippen LogP contribution >= 0.6 is 11.8 Å². The van der Waals surface area contributed by atoms with Gasteiger partial charge >= 0.3 is 0 Å². The molecule has 16 heavy (non-hydrogen) atoms. The topological polar surface area (TPSA) is 12.0 Å². The number of nitrogens with one attached hydrogen (secondary N) is 1. The molecular weight excluding hydrogens is 220 g/mol. The summed E-state index contributed by atoms with van der Waals surface area (Å²) in [6.07, 6.45) is 3.82. The molecule has 0 saturated carbocycles. The van der Waals surface area contributed by atoms with Gasteiger partial charge in [0.05, 0.1) is 26.7 Å². The van der Waals surface area contributed by atoms with Crippen molar-refractivity contribution in [2.24, 2.45) is 5.41 Å². The molecule has 0 spiro atoms. The van der Waals surface area contributed by atoms with Crippen molar-refractivity contribution < 1.29 is 4.48 Å². The normalized spacial score (nSPS) is 24.4. The summed E-state index contributed by atoms with van der Waals surface area (Å²) >= 11 is 5.74. The van der Waals surface area contributed by atoms with Gasteiger partial charge in [0, 0.05) is 24.8 Å². The number of halogens is 1. The van der Waals surface area contributed by atoms with Gasteiger partial charge in [-0.1, -0.05) is 13.8 Å². The second-order valence-corrected chi connectivity index (χ2v) is 7.37. The predicted molar refractivity (Wildman–Crippen MR) is 71.5 cm³/mol. The lowest BCUT2D eigenvalue weighted by atomic mass is 9.81. The molecule has 0 aromatic heterocycles. The minimum Gasteiger partial charge on any atom is -0.326 e. The van der Waals surface area contributed by atoms with E-state index in [0.29, 0.717) is 5.41 Å². The Morgan fingerprint density at radius 3 is 2.19 bits per heavy atom. The Morgan fingerprint density at radius 1 is 1.25 bits per heavy atom. The molecule has 0 bridgehead atoms. The van der Waals surface area contributed by atoms with Gasteiger partial charge in [-0.3, -0.25) is 0 Å². The molecule has 1 aliphatic rings. The van der Waals surface area contributed by atoms with E-state index in [9.17, 15) is 0 Å². The molecule has 1 aliphatic heterocycles. The average molecular weight is 248 g/mol. The molecule has 0 aromatic carbocycles. The monoisotopic (exact) mass is 247 g/mol. The van der Waals surface area contributed by atoms with Gasteiger partial charge in [-0.2, -0.15) is 0 Å². The Balaban J connectivity index is 2.43. The highest BCUT2D eigenvalue weighted by molar-refractivity contribution is 6.13. The smallest absolute Gasteiger partial charge is 0.0802 e. The van der Waals surface area contributed by atoms with Crippen molar-refractivity contribution in [3.8, 4) is 0 Å². The number of piperidine rings is 1. The molecule has 3 heteroatoms. The lowest BCUT2D eigenvalue weighted by Gasteiger charge is -2.44. The Bertz CT molecular complexity index is 226. The molecule has 1 N–H and O–H groups in total. The van der Waals surface area contributed by atoms with E-state index < -0.39 is 0 Å². The molecule has 0 atom stereocenters. The summed E-state index contributed by atoms with van der Waals surface area (Å²) in [5.41, 5.74) is 0.605. The lowest BCUT2D eigenvalue weighted by molar-refractivity contribution is -0.916. The molecule has 96 valence electrons. The maximum atomic E-state index is 5.74. The molecule has 0 aliphatic carbocycles. The Labute approximate surface area is 106 Å². The van der Waals surface area contributed by atoms with Gasteiger partial charge in [0.15, 0.2) is 0 Å². The number of hydrogen-bond acceptors (Lipinski definition) is 1. The first-order chi connectivity index (χ1) is 7.18. The fraction of sp³-hybridized carbons (Fsp3) is 1.00. The molecule has 0 unspecified atom stereocenters. The van der Waals surface area contributed by atoms with E-state index in [1.165, 1.54) is 37.0 Å². The van der Waals surface area contributed by atoms with E-state index in [1.54, 1.807) is 0 Å². The third-order valence-electron chi connectivity index (χ3n) is 4.19. The van der Waals surface area contributed by atoms with Gasteiger partial charge in [0.2, 0.25) is 0 Å². The Hall–Kier alpha value is 0.210.